The molecule has 74 valence electrons. The molecule has 0 bridgehead atoms. The van der Waals surface area contributed by atoms with Crippen LogP contribution in [0.15, 0.2) is 22.2 Å². The summed E-state index contributed by atoms with van der Waals surface area (Å²) in [6, 6.07) is 1.83. The van der Waals surface area contributed by atoms with E-state index in [9.17, 15) is 0 Å². The summed E-state index contributed by atoms with van der Waals surface area (Å²) in [5.41, 5.74) is 2.69. The largest absolute Gasteiger partial charge is 0.270 e. The van der Waals surface area contributed by atoms with Crippen molar-refractivity contribution < 1.29 is 0 Å². The van der Waals surface area contributed by atoms with Gasteiger partial charge in [0.15, 0.2) is 0 Å². The van der Waals surface area contributed by atoms with Crippen LogP contribution >= 0.6 is 27.3 Å². The average Bonchev–Trinajstić information content (AvgIpc) is 2.80. The molecule has 0 aliphatic heterocycles. The number of hydrogen-bond acceptors (Lipinski definition) is 5. The number of hydrazine groups is 1. The van der Waals surface area contributed by atoms with Crippen molar-refractivity contribution in [2.24, 2.45) is 5.84 Å². The molecule has 7 heteroatoms. The van der Waals surface area contributed by atoms with E-state index in [0.717, 1.165) is 9.35 Å². The minimum Gasteiger partial charge on any atom is -0.270 e. The Bertz CT molecular complexity index is 398. The highest BCUT2D eigenvalue weighted by Crippen LogP contribution is 2.30. The highest BCUT2D eigenvalue weighted by molar-refractivity contribution is 9.10. The van der Waals surface area contributed by atoms with Crippen LogP contribution in [0.25, 0.3) is 0 Å². The maximum atomic E-state index is 5.47. The van der Waals surface area contributed by atoms with Gasteiger partial charge in [0.25, 0.3) is 0 Å². The molecule has 0 spiro atoms. The van der Waals surface area contributed by atoms with Gasteiger partial charge in [0, 0.05) is 9.35 Å². The van der Waals surface area contributed by atoms with Crippen molar-refractivity contribution in [1.29, 1.82) is 0 Å². The number of nitrogens with one attached hydrogen (secondary N) is 2. The van der Waals surface area contributed by atoms with Gasteiger partial charge in [0.1, 0.15) is 18.2 Å². The molecule has 14 heavy (non-hydrogen) atoms. The first-order valence-corrected chi connectivity index (χ1v) is 5.54. The number of aromatic amines is 1. The van der Waals surface area contributed by atoms with Gasteiger partial charge in [0.2, 0.25) is 0 Å². The fourth-order valence-electron chi connectivity index (χ4n) is 1.14. The number of H-pyrrole nitrogens is 1. The van der Waals surface area contributed by atoms with E-state index >= 15 is 0 Å². The van der Waals surface area contributed by atoms with Crippen molar-refractivity contribution in [2.75, 3.05) is 0 Å². The first-order chi connectivity index (χ1) is 6.83. The lowest BCUT2D eigenvalue weighted by Crippen LogP contribution is -2.29. The number of halogens is 1. The SMILES string of the molecule is NNC(c1ncn[nH]1)c1sccc1Br. The highest BCUT2D eigenvalue weighted by Gasteiger charge is 2.18. The molecule has 2 aromatic rings. The maximum absolute atomic E-state index is 5.47. The Kier molecular flexibility index (Phi) is 2.92. The molecule has 2 aromatic heterocycles. The molecule has 1 atom stereocenters. The molecule has 0 amide bonds. The summed E-state index contributed by atoms with van der Waals surface area (Å²) in [5.74, 6) is 6.18. The summed E-state index contributed by atoms with van der Waals surface area (Å²) in [4.78, 5) is 5.13. The number of nitrogens with zero attached hydrogens (tertiary/aromatic N) is 2. The van der Waals surface area contributed by atoms with Crippen LogP contribution in [0, 0.1) is 0 Å². The van der Waals surface area contributed by atoms with E-state index in [1.165, 1.54) is 6.33 Å². The Hall–Kier alpha value is -0.760. The number of aromatic nitrogens is 3. The molecule has 4 N–H and O–H groups in total. The lowest BCUT2D eigenvalue weighted by molar-refractivity contribution is 0.611. The summed E-state index contributed by atoms with van der Waals surface area (Å²) in [6.45, 7) is 0. The molecular formula is C7H8BrN5S. The zero-order chi connectivity index (χ0) is 9.97. The summed E-state index contributed by atoms with van der Waals surface area (Å²) in [5, 5.41) is 8.56. The van der Waals surface area contributed by atoms with Gasteiger partial charge in [0.05, 0.1) is 0 Å². The lowest BCUT2D eigenvalue weighted by atomic mass is 10.2. The van der Waals surface area contributed by atoms with Crippen LogP contribution < -0.4 is 11.3 Å². The maximum Gasteiger partial charge on any atom is 0.148 e. The van der Waals surface area contributed by atoms with Crippen LogP contribution in [0.5, 0.6) is 0 Å². The molecule has 1 unspecified atom stereocenters. The highest BCUT2D eigenvalue weighted by atomic mass is 79.9. The zero-order valence-corrected chi connectivity index (χ0v) is 9.47. The standard InChI is InChI=1S/C7H8BrN5S/c8-4-1-2-14-6(4)5(12-9)7-10-3-11-13-7/h1-3,5,12H,9H2,(H,10,11,13). The molecular weight excluding hydrogens is 266 g/mol. The van der Waals surface area contributed by atoms with Crippen LogP contribution in [-0.2, 0) is 0 Å². The van der Waals surface area contributed by atoms with Crippen LogP contribution in [0.2, 0.25) is 0 Å². The fourth-order valence-corrected chi connectivity index (χ4v) is 2.81. The lowest BCUT2D eigenvalue weighted by Gasteiger charge is -2.11. The third kappa shape index (κ3) is 1.71. The van der Waals surface area contributed by atoms with Gasteiger partial charge in [-0.15, -0.1) is 11.3 Å². The van der Waals surface area contributed by atoms with Gasteiger partial charge in [-0.05, 0) is 27.4 Å². The van der Waals surface area contributed by atoms with E-state index in [4.69, 9.17) is 5.84 Å². The first-order valence-electron chi connectivity index (χ1n) is 3.87. The number of rotatable bonds is 3. The molecule has 0 saturated carbocycles. The summed E-state index contributed by atoms with van der Waals surface area (Å²) >= 11 is 5.05. The number of nitrogens with two attached hydrogens (primary N) is 1. The molecule has 0 saturated heterocycles. The van der Waals surface area contributed by atoms with Crippen molar-refractivity contribution in [2.45, 2.75) is 6.04 Å². The van der Waals surface area contributed by atoms with E-state index < -0.39 is 0 Å². The Morgan fingerprint density at radius 1 is 1.64 bits per heavy atom. The van der Waals surface area contributed by atoms with E-state index in [1.807, 2.05) is 11.4 Å². The summed E-state index contributed by atoms with van der Waals surface area (Å²) < 4.78 is 1.02. The van der Waals surface area contributed by atoms with Crippen LogP contribution in [-0.4, -0.2) is 15.2 Å². The minimum atomic E-state index is -0.146. The van der Waals surface area contributed by atoms with Crippen molar-refractivity contribution in [1.82, 2.24) is 20.6 Å². The predicted octanol–water partition coefficient (Wildman–Crippen LogP) is 1.18. The fraction of sp³-hybridized carbons (Fsp3) is 0.143. The quantitative estimate of drug-likeness (QED) is 0.580. The molecule has 0 aliphatic carbocycles. The molecule has 0 aliphatic rings. The molecule has 2 heterocycles. The van der Waals surface area contributed by atoms with E-state index in [1.54, 1.807) is 11.3 Å². The molecule has 5 nitrogen and oxygen atoms in total. The summed E-state index contributed by atoms with van der Waals surface area (Å²) in [6.07, 6.45) is 1.46. The van der Waals surface area contributed by atoms with Gasteiger partial charge >= 0.3 is 0 Å². The van der Waals surface area contributed by atoms with E-state index in [0.29, 0.717) is 5.82 Å². The van der Waals surface area contributed by atoms with Crippen molar-refractivity contribution >= 4 is 27.3 Å². The molecule has 0 fully saturated rings. The monoisotopic (exact) mass is 273 g/mol. The van der Waals surface area contributed by atoms with Crippen LogP contribution in [0.4, 0.5) is 0 Å². The van der Waals surface area contributed by atoms with Gasteiger partial charge in [-0.2, -0.15) is 5.10 Å². The second kappa shape index (κ2) is 4.18. The molecule has 0 aromatic carbocycles. The van der Waals surface area contributed by atoms with E-state index in [-0.39, 0.29) is 6.04 Å². The van der Waals surface area contributed by atoms with Crippen molar-refractivity contribution in [3.05, 3.63) is 32.9 Å². The van der Waals surface area contributed by atoms with Crippen molar-refractivity contribution in [3.63, 3.8) is 0 Å². The van der Waals surface area contributed by atoms with E-state index in [2.05, 4.69) is 36.5 Å². The smallest absolute Gasteiger partial charge is 0.148 e. The molecule has 2 rings (SSSR count). The van der Waals surface area contributed by atoms with Gasteiger partial charge in [-0.25, -0.2) is 10.4 Å². The van der Waals surface area contributed by atoms with Crippen LogP contribution in [0.3, 0.4) is 0 Å². The van der Waals surface area contributed by atoms with Crippen LogP contribution in [0.1, 0.15) is 16.7 Å². The topological polar surface area (TPSA) is 79.6 Å². The Morgan fingerprint density at radius 2 is 2.50 bits per heavy atom. The van der Waals surface area contributed by atoms with Gasteiger partial charge in [-0.1, -0.05) is 0 Å². The average molecular weight is 274 g/mol. The second-order valence-corrected chi connectivity index (χ2v) is 4.41. The summed E-state index contributed by atoms with van der Waals surface area (Å²) in [7, 11) is 0. The third-order valence-electron chi connectivity index (χ3n) is 1.78. The Labute approximate surface area is 92.8 Å². The van der Waals surface area contributed by atoms with Gasteiger partial charge in [-0.3, -0.25) is 10.9 Å². The number of thiophene rings is 1. The normalized spacial score (nSPS) is 13.0. The molecule has 0 radical (unpaired) electrons. The van der Waals surface area contributed by atoms with Gasteiger partial charge < -0.3 is 0 Å². The van der Waals surface area contributed by atoms with Crippen molar-refractivity contribution in [3.8, 4) is 0 Å². The predicted molar refractivity (Wildman–Crippen MR) is 57.6 cm³/mol. The Morgan fingerprint density at radius 3 is 3.00 bits per heavy atom. The third-order valence-corrected chi connectivity index (χ3v) is 3.72. The Balaban J connectivity index is 2.36. The minimum absolute atomic E-state index is 0.146. The second-order valence-electron chi connectivity index (χ2n) is 2.60. The zero-order valence-electron chi connectivity index (χ0n) is 7.07. The first kappa shape index (κ1) is 9.78. The number of hydrogen-bond donors (Lipinski definition) is 3.